The number of para-hydroxylation sites is 1. The monoisotopic (exact) mass is 502 g/mol. The zero-order chi connectivity index (χ0) is 24.9. The Hall–Kier alpha value is -3.62. The zero-order valence-corrected chi connectivity index (χ0v) is 20.5. The molecule has 2 aromatic heterocycles. The topological polar surface area (TPSA) is 52.8 Å². The summed E-state index contributed by atoms with van der Waals surface area (Å²) in [4.78, 5) is 4.88. The molecule has 0 N–H and O–H groups in total. The number of methoxy groups -OCH3 is 1. The van der Waals surface area contributed by atoms with Gasteiger partial charge in [0.05, 0.1) is 11.2 Å². The van der Waals surface area contributed by atoms with Crippen LogP contribution in [0.1, 0.15) is 12.0 Å². The van der Waals surface area contributed by atoms with E-state index in [0.717, 1.165) is 40.2 Å². The van der Waals surface area contributed by atoms with E-state index >= 15 is 0 Å². The quantitative estimate of drug-likeness (QED) is 0.165. The second-order valence-corrected chi connectivity index (χ2v) is 9.21. The molecule has 5 aromatic rings. The molecule has 36 heavy (non-hydrogen) atoms. The van der Waals surface area contributed by atoms with Crippen molar-refractivity contribution in [2.45, 2.75) is 23.9 Å². The molecule has 8 heteroatoms. The first kappa shape index (κ1) is 24.1. The molecule has 0 fully saturated rings. The second kappa shape index (κ2) is 11.0. The standard InChI is InChI=1S/C28H24F2N4OS/c1-35-15-7-14-34-27(32-33-28(34)36-18-20-12-13-21(29)16-24(20)30)23-17-26(19-8-3-2-4-9-19)31-25-11-6-5-10-22(23)25/h2-6,8-13,16-17H,7,14-15,18H2,1H3. The van der Waals surface area contributed by atoms with Crippen LogP contribution in [0.5, 0.6) is 0 Å². The molecule has 0 atom stereocenters. The maximum Gasteiger partial charge on any atom is 0.191 e. The summed E-state index contributed by atoms with van der Waals surface area (Å²) in [6.45, 7) is 1.21. The number of rotatable bonds is 9. The number of thioether (sulfide) groups is 1. The zero-order valence-electron chi connectivity index (χ0n) is 19.7. The van der Waals surface area contributed by atoms with Gasteiger partial charge in [0.2, 0.25) is 0 Å². The number of aromatic nitrogens is 4. The van der Waals surface area contributed by atoms with E-state index in [1.54, 1.807) is 7.11 Å². The van der Waals surface area contributed by atoms with Crippen LogP contribution in [0.2, 0.25) is 0 Å². The van der Waals surface area contributed by atoms with Gasteiger partial charge in [0.15, 0.2) is 11.0 Å². The minimum absolute atomic E-state index is 0.306. The fraction of sp³-hybridized carbons (Fsp3) is 0.179. The van der Waals surface area contributed by atoms with Crippen LogP contribution < -0.4 is 0 Å². The van der Waals surface area contributed by atoms with Gasteiger partial charge in [0, 0.05) is 48.6 Å². The summed E-state index contributed by atoms with van der Waals surface area (Å²) in [6, 6.07) is 23.7. The number of fused-ring (bicyclic) bond motifs is 1. The van der Waals surface area contributed by atoms with E-state index < -0.39 is 11.6 Å². The van der Waals surface area contributed by atoms with Crippen molar-refractivity contribution in [2.24, 2.45) is 0 Å². The van der Waals surface area contributed by atoms with Crippen molar-refractivity contribution < 1.29 is 13.5 Å². The van der Waals surface area contributed by atoms with E-state index in [0.29, 0.717) is 35.4 Å². The smallest absolute Gasteiger partial charge is 0.191 e. The Morgan fingerprint density at radius 3 is 2.53 bits per heavy atom. The maximum atomic E-state index is 14.2. The van der Waals surface area contributed by atoms with Gasteiger partial charge in [-0.25, -0.2) is 13.8 Å². The Labute approximate surface area is 212 Å². The molecule has 0 aliphatic carbocycles. The highest BCUT2D eigenvalue weighted by molar-refractivity contribution is 7.98. The molecule has 0 unspecified atom stereocenters. The molecule has 0 aliphatic rings. The van der Waals surface area contributed by atoms with Gasteiger partial charge in [-0.15, -0.1) is 10.2 Å². The summed E-state index contributed by atoms with van der Waals surface area (Å²) in [5, 5.41) is 10.7. The lowest BCUT2D eigenvalue weighted by molar-refractivity contribution is 0.189. The van der Waals surface area contributed by atoms with Crippen LogP contribution in [0.15, 0.2) is 84.0 Å². The minimum Gasteiger partial charge on any atom is -0.385 e. The van der Waals surface area contributed by atoms with Crippen molar-refractivity contribution in [3.05, 3.63) is 96.1 Å². The number of halogens is 2. The summed E-state index contributed by atoms with van der Waals surface area (Å²) in [5.41, 5.74) is 4.05. The predicted molar refractivity (Wildman–Crippen MR) is 139 cm³/mol. The summed E-state index contributed by atoms with van der Waals surface area (Å²) in [6.07, 6.45) is 0.758. The second-order valence-electron chi connectivity index (χ2n) is 8.27. The Morgan fingerprint density at radius 1 is 0.917 bits per heavy atom. The van der Waals surface area contributed by atoms with Crippen LogP contribution in [0, 0.1) is 11.6 Å². The van der Waals surface area contributed by atoms with Crippen LogP contribution in [0.3, 0.4) is 0 Å². The third-order valence-corrected chi connectivity index (χ3v) is 6.86. The van der Waals surface area contributed by atoms with Crippen molar-refractivity contribution in [2.75, 3.05) is 13.7 Å². The van der Waals surface area contributed by atoms with Gasteiger partial charge in [-0.3, -0.25) is 0 Å². The predicted octanol–water partition coefficient (Wildman–Crippen LogP) is 6.77. The number of pyridine rings is 1. The summed E-state index contributed by atoms with van der Waals surface area (Å²) in [5.74, 6) is -0.143. The van der Waals surface area contributed by atoms with Crippen molar-refractivity contribution in [3.8, 4) is 22.6 Å². The third-order valence-electron chi connectivity index (χ3n) is 5.85. The van der Waals surface area contributed by atoms with Crippen LogP contribution in [0.4, 0.5) is 8.78 Å². The Balaban J connectivity index is 1.58. The van der Waals surface area contributed by atoms with Crippen LogP contribution in [-0.2, 0) is 17.0 Å². The van der Waals surface area contributed by atoms with Gasteiger partial charge >= 0.3 is 0 Å². The highest BCUT2D eigenvalue weighted by Gasteiger charge is 2.19. The molecular weight excluding hydrogens is 478 g/mol. The minimum atomic E-state index is -0.593. The lowest BCUT2D eigenvalue weighted by atomic mass is 10.0. The molecule has 182 valence electrons. The SMILES string of the molecule is COCCCn1c(SCc2ccc(F)cc2F)nnc1-c1cc(-c2ccccc2)nc2ccccc12. The molecule has 0 amide bonds. The van der Waals surface area contributed by atoms with Crippen LogP contribution >= 0.6 is 11.8 Å². The van der Waals surface area contributed by atoms with Crippen molar-refractivity contribution in [3.63, 3.8) is 0 Å². The number of ether oxygens (including phenoxy) is 1. The third kappa shape index (κ3) is 5.15. The molecule has 5 nitrogen and oxygen atoms in total. The number of benzene rings is 3. The summed E-state index contributed by atoms with van der Waals surface area (Å²) < 4.78 is 34.9. The van der Waals surface area contributed by atoms with Gasteiger partial charge in [-0.2, -0.15) is 0 Å². The average Bonchev–Trinajstić information content (AvgIpc) is 3.30. The van der Waals surface area contributed by atoms with Gasteiger partial charge < -0.3 is 9.30 Å². The van der Waals surface area contributed by atoms with E-state index in [9.17, 15) is 8.78 Å². The largest absolute Gasteiger partial charge is 0.385 e. The van der Waals surface area contributed by atoms with Gasteiger partial charge in [-0.1, -0.05) is 66.4 Å². The van der Waals surface area contributed by atoms with Crippen molar-refractivity contribution >= 4 is 22.7 Å². The summed E-state index contributed by atoms with van der Waals surface area (Å²) >= 11 is 1.37. The molecule has 0 spiro atoms. The fourth-order valence-corrected chi connectivity index (χ4v) is 5.01. The molecule has 0 saturated heterocycles. The van der Waals surface area contributed by atoms with Crippen LogP contribution in [0.25, 0.3) is 33.5 Å². The molecular formula is C28H24F2N4OS. The first-order valence-electron chi connectivity index (χ1n) is 11.6. The lowest BCUT2D eigenvalue weighted by Gasteiger charge is -2.13. The normalized spacial score (nSPS) is 11.3. The molecule has 5 rings (SSSR count). The molecule has 3 aromatic carbocycles. The molecule has 2 heterocycles. The van der Waals surface area contributed by atoms with E-state index in [4.69, 9.17) is 9.72 Å². The maximum absolute atomic E-state index is 14.2. The first-order chi connectivity index (χ1) is 17.6. The Bertz CT molecular complexity index is 1490. The fourth-order valence-electron chi connectivity index (χ4n) is 4.06. The highest BCUT2D eigenvalue weighted by atomic mass is 32.2. The van der Waals surface area contributed by atoms with Gasteiger partial charge in [0.1, 0.15) is 11.6 Å². The molecule has 0 radical (unpaired) electrons. The number of hydrogen-bond acceptors (Lipinski definition) is 5. The molecule has 0 bridgehead atoms. The molecule has 0 aliphatic heterocycles. The van der Waals surface area contributed by atoms with Crippen molar-refractivity contribution in [1.29, 1.82) is 0 Å². The summed E-state index contributed by atoms with van der Waals surface area (Å²) in [7, 11) is 1.67. The van der Waals surface area contributed by atoms with E-state index in [-0.39, 0.29) is 0 Å². The number of hydrogen-bond donors (Lipinski definition) is 0. The van der Waals surface area contributed by atoms with E-state index in [2.05, 4.69) is 10.2 Å². The number of nitrogens with zero attached hydrogens (tertiary/aromatic N) is 4. The van der Waals surface area contributed by atoms with Gasteiger partial charge in [0.25, 0.3) is 0 Å². The highest BCUT2D eigenvalue weighted by Crippen LogP contribution is 2.34. The van der Waals surface area contributed by atoms with Gasteiger partial charge in [-0.05, 0) is 30.2 Å². The lowest BCUT2D eigenvalue weighted by Crippen LogP contribution is -2.06. The Kier molecular flexibility index (Phi) is 7.34. The Morgan fingerprint density at radius 2 is 1.72 bits per heavy atom. The first-order valence-corrected chi connectivity index (χ1v) is 12.6. The average molecular weight is 503 g/mol. The van der Waals surface area contributed by atoms with Crippen molar-refractivity contribution in [1.82, 2.24) is 19.7 Å². The molecule has 0 saturated carbocycles. The van der Waals surface area contributed by atoms with Crippen LogP contribution in [-0.4, -0.2) is 33.5 Å². The van der Waals surface area contributed by atoms with E-state index in [1.807, 2.05) is 65.2 Å². The van der Waals surface area contributed by atoms with E-state index in [1.165, 1.54) is 23.9 Å².